The molecule has 4 rings (SSSR count). The van der Waals surface area contributed by atoms with Crippen LogP contribution in [-0.4, -0.2) is 20.1 Å². The molecule has 0 aliphatic carbocycles. The molecule has 7 heteroatoms. The van der Waals surface area contributed by atoms with Gasteiger partial charge < -0.3 is 20.9 Å². The van der Waals surface area contributed by atoms with E-state index in [1.807, 2.05) is 44.2 Å². The number of aryl methyl sites for hydroxylation is 2. The Balaban J connectivity index is 1.74. The zero-order valence-electron chi connectivity index (χ0n) is 16.4. The fraction of sp³-hybridized carbons (Fsp3) is 0.136. The number of phenolic OH excluding ortho intramolecular Hbond substituents is 1. The van der Waals surface area contributed by atoms with Crippen LogP contribution in [0.2, 0.25) is 0 Å². The average molecular weight is 387 g/mol. The summed E-state index contributed by atoms with van der Waals surface area (Å²) in [5.74, 6) is 1.96. The van der Waals surface area contributed by atoms with Crippen LogP contribution in [0.4, 0.5) is 17.5 Å². The monoisotopic (exact) mass is 387 g/mol. The lowest BCUT2D eigenvalue weighted by atomic mass is 10.1. The van der Waals surface area contributed by atoms with E-state index in [9.17, 15) is 5.11 Å². The van der Waals surface area contributed by atoms with Crippen molar-refractivity contribution >= 4 is 28.4 Å². The Kier molecular flexibility index (Phi) is 4.64. The number of hydrogen-bond donors (Lipinski definition) is 3. The lowest BCUT2D eigenvalue weighted by Gasteiger charge is -2.15. The van der Waals surface area contributed by atoms with Crippen molar-refractivity contribution in [3.05, 3.63) is 65.5 Å². The minimum Gasteiger partial charge on any atom is -0.508 e. The van der Waals surface area contributed by atoms with Gasteiger partial charge in [-0.15, -0.1) is 0 Å². The topological polar surface area (TPSA) is 106 Å². The summed E-state index contributed by atoms with van der Waals surface area (Å²) in [4.78, 5) is 13.2. The van der Waals surface area contributed by atoms with Crippen molar-refractivity contribution in [1.82, 2.24) is 15.0 Å². The smallest absolute Gasteiger partial charge is 0.229 e. The van der Waals surface area contributed by atoms with Gasteiger partial charge in [-0.25, -0.2) is 4.98 Å². The van der Waals surface area contributed by atoms with Gasteiger partial charge in [-0.2, -0.15) is 4.98 Å². The molecule has 7 nitrogen and oxygen atoms in total. The predicted molar refractivity (Wildman–Crippen MR) is 114 cm³/mol. The minimum absolute atomic E-state index is 0.174. The molecule has 2 heterocycles. The third-order valence-electron chi connectivity index (χ3n) is 4.67. The summed E-state index contributed by atoms with van der Waals surface area (Å²) in [6, 6.07) is 12.8. The van der Waals surface area contributed by atoms with Crippen LogP contribution in [-0.2, 0) is 0 Å². The Morgan fingerprint density at radius 3 is 2.59 bits per heavy atom. The number of hydrogen-bond acceptors (Lipinski definition) is 7. The summed E-state index contributed by atoms with van der Waals surface area (Å²) in [6.07, 6.45) is 1.71. The van der Waals surface area contributed by atoms with Crippen molar-refractivity contribution < 1.29 is 9.84 Å². The number of nitrogens with one attached hydrogen (secondary N) is 1. The van der Waals surface area contributed by atoms with E-state index in [1.54, 1.807) is 25.3 Å². The van der Waals surface area contributed by atoms with Crippen LogP contribution in [0.25, 0.3) is 10.9 Å². The van der Waals surface area contributed by atoms with Crippen molar-refractivity contribution in [2.75, 3.05) is 11.1 Å². The number of nitrogens with zero attached hydrogens (tertiary/aromatic N) is 3. The summed E-state index contributed by atoms with van der Waals surface area (Å²) in [7, 11) is 0. The summed E-state index contributed by atoms with van der Waals surface area (Å²) in [5.41, 5.74) is 10.2. The van der Waals surface area contributed by atoms with E-state index in [0.29, 0.717) is 39.7 Å². The van der Waals surface area contributed by atoms with E-state index in [-0.39, 0.29) is 5.75 Å². The van der Waals surface area contributed by atoms with Crippen molar-refractivity contribution in [1.29, 1.82) is 0 Å². The first kappa shape index (κ1) is 18.5. The van der Waals surface area contributed by atoms with Gasteiger partial charge in [0.05, 0.1) is 22.8 Å². The lowest BCUT2D eigenvalue weighted by molar-refractivity contribution is 0.448. The summed E-state index contributed by atoms with van der Waals surface area (Å²) >= 11 is 0. The third-order valence-corrected chi connectivity index (χ3v) is 4.67. The molecule has 4 N–H and O–H groups in total. The number of nitrogens with two attached hydrogens (primary N) is 1. The predicted octanol–water partition coefficient (Wildman–Crippen LogP) is 4.77. The Bertz CT molecular complexity index is 1210. The number of phenols is 1. The first-order chi connectivity index (χ1) is 13.9. The van der Waals surface area contributed by atoms with Crippen LogP contribution in [0.3, 0.4) is 0 Å². The molecule has 0 amide bonds. The zero-order chi connectivity index (χ0) is 20.5. The third kappa shape index (κ3) is 3.62. The Morgan fingerprint density at radius 2 is 1.83 bits per heavy atom. The lowest BCUT2D eigenvalue weighted by Crippen LogP contribution is -2.03. The highest BCUT2D eigenvalue weighted by molar-refractivity contribution is 5.95. The fourth-order valence-electron chi connectivity index (χ4n) is 3.07. The number of nitrogen functional groups attached to an aromatic ring is 1. The Morgan fingerprint density at radius 1 is 1.00 bits per heavy atom. The highest BCUT2D eigenvalue weighted by Crippen LogP contribution is 2.38. The molecule has 146 valence electrons. The van der Waals surface area contributed by atoms with Crippen LogP contribution < -0.4 is 15.8 Å². The van der Waals surface area contributed by atoms with E-state index in [2.05, 4.69) is 20.3 Å². The molecule has 0 saturated carbocycles. The molecule has 0 saturated heterocycles. The molecular formula is C22H21N5O2. The molecule has 0 spiro atoms. The number of aromatic hydroxyl groups is 1. The van der Waals surface area contributed by atoms with Crippen LogP contribution in [0, 0.1) is 20.8 Å². The highest BCUT2D eigenvalue weighted by atomic mass is 16.5. The maximum absolute atomic E-state index is 10.0. The van der Waals surface area contributed by atoms with Gasteiger partial charge in [0, 0.05) is 11.3 Å². The van der Waals surface area contributed by atoms with Gasteiger partial charge in [0.2, 0.25) is 5.95 Å². The molecule has 29 heavy (non-hydrogen) atoms. The summed E-state index contributed by atoms with van der Waals surface area (Å²) in [5, 5.41) is 13.8. The number of benzene rings is 2. The van der Waals surface area contributed by atoms with Gasteiger partial charge in [-0.3, -0.25) is 4.98 Å². The number of rotatable bonds is 4. The first-order valence-corrected chi connectivity index (χ1v) is 9.15. The van der Waals surface area contributed by atoms with Gasteiger partial charge in [-0.1, -0.05) is 12.1 Å². The van der Waals surface area contributed by atoms with Crippen LogP contribution >= 0.6 is 0 Å². The molecule has 4 aromatic rings. The molecule has 2 aromatic carbocycles. The minimum atomic E-state index is 0.174. The summed E-state index contributed by atoms with van der Waals surface area (Å²) in [6.45, 7) is 5.65. The zero-order valence-corrected chi connectivity index (χ0v) is 16.4. The van der Waals surface area contributed by atoms with E-state index in [4.69, 9.17) is 10.5 Å². The Labute approximate surface area is 168 Å². The van der Waals surface area contributed by atoms with Crippen molar-refractivity contribution in [2.24, 2.45) is 0 Å². The van der Waals surface area contributed by atoms with Crippen LogP contribution in [0.1, 0.15) is 16.8 Å². The molecule has 0 radical (unpaired) electrons. The van der Waals surface area contributed by atoms with Gasteiger partial charge >= 0.3 is 0 Å². The molecule has 0 atom stereocenters. The van der Waals surface area contributed by atoms with Gasteiger partial charge in [0.15, 0.2) is 0 Å². The number of anilines is 3. The largest absolute Gasteiger partial charge is 0.508 e. The van der Waals surface area contributed by atoms with E-state index in [1.165, 1.54) is 0 Å². The maximum Gasteiger partial charge on any atom is 0.229 e. The van der Waals surface area contributed by atoms with Gasteiger partial charge in [-0.05, 0) is 56.7 Å². The molecule has 0 aliphatic heterocycles. The van der Waals surface area contributed by atoms with Crippen molar-refractivity contribution in [3.63, 3.8) is 0 Å². The normalized spacial score (nSPS) is 10.9. The van der Waals surface area contributed by atoms with Crippen molar-refractivity contribution in [3.8, 4) is 17.2 Å². The molecule has 0 unspecified atom stereocenters. The van der Waals surface area contributed by atoms with E-state index >= 15 is 0 Å². The van der Waals surface area contributed by atoms with Crippen molar-refractivity contribution in [2.45, 2.75) is 20.8 Å². The maximum atomic E-state index is 10.0. The standard InChI is InChI=1S/C22H21N5O2/c1-12-7-10-17(28)14(3)20(12)29-18-6-4-5-16-19(18)21(23)27-22(26-16)25-15-9-8-13(2)24-11-15/h4-11,28H,1-3H3,(H3,23,25,26,27). The first-order valence-electron chi connectivity index (χ1n) is 9.15. The van der Waals surface area contributed by atoms with Gasteiger partial charge in [0.25, 0.3) is 0 Å². The van der Waals surface area contributed by atoms with Crippen LogP contribution in [0.15, 0.2) is 48.7 Å². The van der Waals surface area contributed by atoms with E-state index in [0.717, 1.165) is 16.9 Å². The number of pyridine rings is 1. The number of fused-ring (bicyclic) bond motifs is 1. The summed E-state index contributed by atoms with van der Waals surface area (Å²) < 4.78 is 6.14. The van der Waals surface area contributed by atoms with E-state index < -0.39 is 0 Å². The molecule has 0 fully saturated rings. The second-order valence-corrected chi connectivity index (χ2v) is 6.85. The SMILES string of the molecule is Cc1ccc(Nc2nc(N)c3c(Oc4c(C)ccc(O)c4C)cccc3n2)cn1. The molecule has 0 bridgehead atoms. The Hall–Kier alpha value is -3.87. The van der Waals surface area contributed by atoms with Crippen LogP contribution in [0.5, 0.6) is 17.2 Å². The van der Waals surface area contributed by atoms with Gasteiger partial charge in [0.1, 0.15) is 23.1 Å². The highest BCUT2D eigenvalue weighted by Gasteiger charge is 2.15. The second kappa shape index (κ2) is 7.27. The quantitative estimate of drug-likeness (QED) is 0.463. The second-order valence-electron chi connectivity index (χ2n) is 6.85. The molecule has 2 aromatic heterocycles. The number of aromatic nitrogens is 3. The average Bonchev–Trinajstić information content (AvgIpc) is 2.70. The fourth-order valence-corrected chi connectivity index (χ4v) is 3.07. The molecule has 0 aliphatic rings. The number of ether oxygens (including phenoxy) is 1. The molecular weight excluding hydrogens is 366 g/mol.